The molecule has 4 rings (SSSR count). The van der Waals surface area contributed by atoms with Crippen molar-refractivity contribution in [2.45, 2.75) is 51.4 Å². The van der Waals surface area contributed by atoms with E-state index in [1.807, 2.05) is 36.4 Å². The van der Waals surface area contributed by atoms with Gasteiger partial charge in [-0.05, 0) is 67.5 Å². The zero-order chi connectivity index (χ0) is 19.2. The summed E-state index contributed by atoms with van der Waals surface area (Å²) in [5.41, 5.74) is 8.95. The van der Waals surface area contributed by atoms with E-state index in [4.69, 9.17) is 14.9 Å². The first-order chi connectivity index (χ1) is 13.8. The SMILES string of the molecule is NCC(CCCc1ccc(Oc2nc3ccccc3o2)cc1)C1CCCCC1. The lowest BCUT2D eigenvalue weighted by atomic mass is 9.78. The molecule has 0 saturated heterocycles. The van der Waals surface area contributed by atoms with E-state index in [9.17, 15) is 0 Å². The van der Waals surface area contributed by atoms with E-state index in [-0.39, 0.29) is 6.08 Å². The number of hydrogen-bond donors (Lipinski definition) is 1. The van der Waals surface area contributed by atoms with Crippen LogP contribution in [-0.2, 0) is 6.42 Å². The fourth-order valence-corrected chi connectivity index (χ4v) is 4.44. The molecule has 148 valence electrons. The van der Waals surface area contributed by atoms with Gasteiger partial charge in [-0.3, -0.25) is 0 Å². The molecule has 0 aliphatic heterocycles. The Balaban J connectivity index is 1.28. The van der Waals surface area contributed by atoms with Crippen LogP contribution in [0.4, 0.5) is 0 Å². The molecule has 0 amide bonds. The van der Waals surface area contributed by atoms with E-state index in [0.717, 1.165) is 35.7 Å². The predicted molar refractivity (Wildman–Crippen MR) is 113 cm³/mol. The molecule has 1 aromatic heterocycles. The lowest BCUT2D eigenvalue weighted by Crippen LogP contribution is -2.25. The number of nitrogens with zero attached hydrogens (tertiary/aromatic N) is 1. The van der Waals surface area contributed by atoms with Crippen LogP contribution in [0.3, 0.4) is 0 Å². The number of benzene rings is 2. The standard InChI is InChI=1S/C24H30N2O2/c25-17-20(19-8-2-1-3-9-19)10-6-7-18-13-15-21(16-14-18)27-24-26-22-11-4-5-12-23(22)28-24/h4-5,11-16,19-20H,1-3,6-10,17,25H2. The van der Waals surface area contributed by atoms with E-state index in [2.05, 4.69) is 17.1 Å². The largest absolute Gasteiger partial charge is 0.411 e. The van der Waals surface area contributed by atoms with E-state index >= 15 is 0 Å². The average Bonchev–Trinajstić information content (AvgIpc) is 3.15. The Morgan fingerprint density at radius 2 is 1.82 bits per heavy atom. The van der Waals surface area contributed by atoms with Crippen molar-refractivity contribution in [3.63, 3.8) is 0 Å². The molecule has 2 N–H and O–H groups in total. The molecule has 0 bridgehead atoms. The van der Waals surface area contributed by atoms with Gasteiger partial charge in [-0.25, -0.2) is 0 Å². The molecule has 1 unspecified atom stereocenters. The number of aromatic nitrogens is 1. The highest BCUT2D eigenvalue weighted by Gasteiger charge is 2.22. The molecule has 1 atom stereocenters. The van der Waals surface area contributed by atoms with Crippen molar-refractivity contribution in [3.05, 3.63) is 54.1 Å². The van der Waals surface area contributed by atoms with Gasteiger partial charge >= 0.3 is 6.08 Å². The Labute approximate surface area is 167 Å². The van der Waals surface area contributed by atoms with Crippen molar-refractivity contribution >= 4 is 11.1 Å². The maximum absolute atomic E-state index is 6.07. The fraction of sp³-hybridized carbons (Fsp3) is 0.458. The van der Waals surface area contributed by atoms with Crippen LogP contribution in [0.5, 0.6) is 11.8 Å². The van der Waals surface area contributed by atoms with Gasteiger partial charge in [-0.15, -0.1) is 0 Å². The first-order valence-electron chi connectivity index (χ1n) is 10.6. The van der Waals surface area contributed by atoms with Crippen LogP contribution in [0, 0.1) is 11.8 Å². The third kappa shape index (κ3) is 4.74. The summed E-state index contributed by atoms with van der Waals surface area (Å²) in [5.74, 6) is 2.30. The molecule has 0 spiro atoms. The lowest BCUT2D eigenvalue weighted by Gasteiger charge is -2.29. The van der Waals surface area contributed by atoms with Crippen molar-refractivity contribution in [2.75, 3.05) is 6.54 Å². The smallest absolute Gasteiger partial charge is 0.400 e. The average molecular weight is 379 g/mol. The van der Waals surface area contributed by atoms with E-state index in [1.54, 1.807) is 0 Å². The minimum absolute atomic E-state index is 0.284. The van der Waals surface area contributed by atoms with Gasteiger partial charge in [-0.2, -0.15) is 4.98 Å². The van der Waals surface area contributed by atoms with E-state index in [1.165, 1.54) is 50.5 Å². The molecule has 1 saturated carbocycles. The summed E-state index contributed by atoms with van der Waals surface area (Å²) in [6.45, 7) is 0.835. The minimum atomic E-state index is 0.284. The number of ether oxygens (including phenoxy) is 1. The number of nitrogens with two attached hydrogens (primary N) is 1. The molecule has 4 nitrogen and oxygen atoms in total. The molecule has 1 aliphatic carbocycles. The van der Waals surface area contributed by atoms with E-state index in [0.29, 0.717) is 5.92 Å². The monoisotopic (exact) mass is 378 g/mol. The molecule has 2 aromatic carbocycles. The zero-order valence-electron chi connectivity index (χ0n) is 16.5. The molecule has 1 fully saturated rings. The zero-order valence-corrected chi connectivity index (χ0v) is 16.5. The van der Waals surface area contributed by atoms with Crippen LogP contribution in [0.25, 0.3) is 11.1 Å². The fourth-order valence-electron chi connectivity index (χ4n) is 4.44. The van der Waals surface area contributed by atoms with Gasteiger partial charge in [0.2, 0.25) is 0 Å². The molecule has 0 radical (unpaired) electrons. The predicted octanol–water partition coefficient (Wildman–Crippen LogP) is 6.10. The highest BCUT2D eigenvalue weighted by molar-refractivity contribution is 5.72. The summed E-state index contributed by atoms with van der Waals surface area (Å²) in [5, 5.41) is 0. The van der Waals surface area contributed by atoms with Gasteiger partial charge in [0.1, 0.15) is 11.3 Å². The number of para-hydroxylation sites is 2. The van der Waals surface area contributed by atoms with Crippen molar-refractivity contribution in [2.24, 2.45) is 17.6 Å². The number of aryl methyl sites for hydroxylation is 1. The molecular weight excluding hydrogens is 348 g/mol. The van der Waals surface area contributed by atoms with Gasteiger partial charge in [0.05, 0.1) is 0 Å². The minimum Gasteiger partial charge on any atom is -0.411 e. The van der Waals surface area contributed by atoms with Crippen LogP contribution in [0.15, 0.2) is 52.9 Å². The van der Waals surface area contributed by atoms with Gasteiger partial charge in [0.15, 0.2) is 5.58 Å². The van der Waals surface area contributed by atoms with Crippen molar-refractivity contribution < 1.29 is 9.15 Å². The second kappa shape index (κ2) is 9.24. The highest BCUT2D eigenvalue weighted by atomic mass is 16.6. The summed E-state index contributed by atoms with van der Waals surface area (Å²) in [6, 6.07) is 15.9. The van der Waals surface area contributed by atoms with Gasteiger partial charge < -0.3 is 14.9 Å². The van der Waals surface area contributed by atoms with Crippen LogP contribution < -0.4 is 10.5 Å². The normalized spacial score (nSPS) is 16.3. The first-order valence-corrected chi connectivity index (χ1v) is 10.6. The third-order valence-electron chi connectivity index (χ3n) is 6.06. The molecule has 1 heterocycles. The Morgan fingerprint density at radius 1 is 1.04 bits per heavy atom. The first kappa shape index (κ1) is 19.0. The maximum Gasteiger partial charge on any atom is 0.400 e. The molecular formula is C24H30N2O2. The quantitative estimate of drug-likeness (QED) is 0.514. The van der Waals surface area contributed by atoms with Crippen molar-refractivity contribution in [1.29, 1.82) is 0 Å². The van der Waals surface area contributed by atoms with Crippen molar-refractivity contribution in [3.8, 4) is 11.8 Å². The lowest BCUT2D eigenvalue weighted by molar-refractivity contribution is 0.238. The number of fused-ring (bicyclic) bond motifs is 1. The van der Waals surface area contributed by atoms with Gasteiger partial charge in [-0.1, -0.05) is 56.4 Å². The van der Waals surface area contributed by atoms with Gasteiger partial charge in [0.25, 0.3) is 0 Å². The maximum atomic E-state index is 6.07. The van der Waals surface area contributed by atoms with Gasteiger partial charge in [0, 0.05) is 0 Å². The number of rotatable bonds is 8. The Bertz CT molecular complexity index is 833. The second-order valence-electron chi connectivity index (χ2n) is 7.98. The second-order valence-corrected chi connectivity index (χ2v) is 7.98. The summed E-state index contributed by atoms with van der Waals surface area (Å²) < 4.78 is 11.4. The molecule has 4 heteroatoms. The summed E-state index contributed by atoms with van der Waals surface area (Å²) in [4.78, 5) is 4.35. The molecule has 1 aliphatic rings. The Morgan fingerprint density at radius 3 is 2.57 bits per heavy atom. The number of hydrogen-bond acceptors (Lipinski definition) is 4. The molecule has 28 heavy (non-hydrogen) atoms. The third-order valence-corrected chi connectivity index (χ3v) is 6.06. The van der Waals surface area contributed by atoms with Crippen LogP contribution in [0.1, 0.15) is 50.5 Å². The summed E-state index contributed by atoms with van der Waals surface area (Å²) >= 11 is 0. The topological polar surface area (TPSA) is 61.3 Å². The molecule has 3 aromatic rings. The van der Waals surface area contributed by atoms with E-state index < -0.39 is 0 Å². The van der Waals surface area contributed by atoms with Crippen LogP contribution in [0.2, 0.25) is 0 Å². The summed E-state index contributed by atoms with van der Waals surface area (Å²) in [7, 11) is 0. The van der Waals surface area contributed by atoms with Crippen molar-refractivity contribution in [1.82, 2.24) is 4.98 Å². The Kier molecular flexibility index (Phi) is 6.27. The number of oxazole rings is 1. The van der Waals surface area contributed by atoms with Crippen LogP contribution >= 0.6 is 0 Å². The highest BCUT2D eigenvalue weighted by Crippen LogP contribution is 2.32. The van der Waals surface area contributed by atoms with Crippen LogP contribution in [-0.4, -0.2) is 11.5 Å². The summed E-state index contributed by atoms with van der Waals surface area (Å²) in [6.07, 6.45) is 10.8. The Hall–Kier alpha value is -2.33.